The number of allylic oxidation sites excluding steroid dienone is 7. The van der Waals surface area contributed by atoms with Crippen LogP contribution >= 0.6 is 0 Å². The Morgan fingerprint density at radius 3 is 3.15 bits per heavy atom. The van der Waals surface area contributed by atoms with Crippen molar-refractivity contribution in [3.63, 3.8) is 0 Å². The van der Waals surface area contributed by atoms with Crippen molar-refractivity contribution in [1.82, 2.24) is 0 Å². The van der Waals surface area contributed by atoms with E-state index in [1.165, 1.54) is 22.3 Å². The summed E-state index contributed by atoms with van der Waals surface area (Å²) in [6.07, 6.45) is 8.23. The van der Waals surface area contributed by atoms with Gasteiger partial charge in [-0.15, -0.1) is 0 Å². The van der Waals surface area contributed by atoms with Crippen molar-refractivity contribution in [3.05, 3.63) is 46.3 Å². The smallest absolute Gasteiger partial charge is 0.298 e. The first-order valence-electron chi connectivity index (χ1n) is 4.34. The summed E-state index contributed by atoms with van der Waals surface area (Å²) >= 11 is 0. The first-order valence-corrected chi connectivity index (χ1v) is 4.34. The quantitative estimate of drug-likeness (QED) is 0.595. The van der Waals surface area contributed by atoms with Crippen molar-refractivity contribution in [2.75, 3.05) is 0 Å². The van der Waals surface area contributed by atoms with E-state index in [0.717, 1.165) is 18.6 Å². The van der Waals surface area contributed by atoms with Gasteiger partial charge in [0.1, 0.15) is 5.76 Å². The number of carbonyl (C=O) groups excluding carboxylic acids is 1. The minimum absolute atomic E-state index is 0.503. The molecule has 0 saturated heterocycles. The van der Waals surface area contributed by atoms with Crippen LogP contribution in [-0.4, -0.2) is 6.47 Å². The van der Waals surface area contributed by atoms with Gasteiger partial charge < -0.3 is 4.74 Å². The van der Waals surface area contributed by atoms with Crippen molar-refractivity contribution in [1.29, 1.82) is 0 Å². The Bertz CT molecular complexity index is 419. The van der Waals surface area contributed by atoms with Crippen molar-refractivity contribution >= 4 is 6.47 Å². The second-order valence-electron chi connectivity index (χ2n) is 3.40. The summed E-state index contributed by atoms with van der Waals surface area (Å²) in [5.74, 6) is 0.757. The van der Waals surface area contributed by atoms with Crippen LogP contribution < -0.4 is 0 Å². The zero-order valence-corrected chi connectivity index (χ0v) is 7.04. The lowest BCUT2D eigenvalue weighted by molar-refractivity contribution is -0.124. The molecule has 0 radical (unpaired) electrons. The highest BCUT2D eigenvalue weighted by Crippen LogP contribution is 2.48. The van der Waals surface area contributed by atoms with E-state index in [0.29, 0.717) is 6.47 Å². The topological polar surface area (TPSA) is 26.3 Å². The Labute approximate surface area is 75.9 Å². The number of hydrogen-bond donors (Lipinski definition) is 0. The van der Waals surface area contributed by atoms with E-state index in [4.69, 9.17) is 4.74 Å². The maximum Gasteiger partial charge on any atom is 0.298 e. The van der Waals surface area contributed by atoms with Gasteiger partial charge in [-0.3, -0.25) is 4.79 Å². The lowest BCUT2D eigenvalue weighted by Crippen LogP contribution is -1.93. The Kier molecular flexibility index (Phi) is 1.18. The van der Waals surface area contributed by atoms with Gasteiger partial charge in [-0.05, 0) is 29.2 Å². The number of carbonyl (C=O) groups is 1. The molecule has 0 aromatic heterocycles. The predicted octanol–water partition coefficient (Wildman–Crippen LogP) is 2.01. The third kappa shape index (κ3) is 0.750. The fourth-order valence-electron chi connectivity index (χ4n) is 2.25. The van der Waals surface area contributed by atoms with Crippen molar-refractivity contribution < 1.29 is 9.53 Å². The molecule has 2 nitrogen and oxygen atoms in total. The molecule has 0 N–H and O–H groups in total. The van der Waals surface area contributed by atoms with Crippen LogP contribution in [0.3, 0.4) is 0 Å². The van der Waals surface area contributed by atoms with Gasteiger partial charge in [-0.25, -0.2) is 0 Å². The Balaban J connectivity index is 2.10. The minimum atomic E-state index is 0.503. The maximum absolute atomic E-state index is 10.2. The molecule has 0 atom stereocenters. The van der Waals surface area contributed by atoms with Crippen LogP contribution in [0.5, 0.6) is 0 Å². The van der Waals surface area contributed by atoms with Crippen LogP contribution in [-0.2, 0) is 9.53 Å². The first kappa shape index (κ1) is 6.89. The van der Waals surface area contributed by atoms with E-state index in [1.54, 1.807) is 0 Å². The third-order valence-electron chi connectivity index (χ3n) is 2.79. The summed E-state index contributed by atoms with van der Waals surface area (Å²) < 4.78 is 4.91. The minimum Gasteiger partial charge on any atom is -0.428 e. The Morgan fingerprint density at radius 2 is 2.31 bits per heavy atom. The second kappa shape index (κ2) is 2.22. The van der Waals surface area contributed by atoms with Gasteiger partial charge in [-0.1, -0.05) is 12.2 Å². The SMILES string of the molecule is O=COC1=C2CC(=C1)C1=C2CC=C1. The zero-order valence-electron chi connectivity index (χ0n) is 7.04. The largest absolute Gasteiger partial charge is 0.428 e. The zero-order chi connectivity index (χ0) is 8.84. The molecule has 0 unspecified atom stereocenters. The van der Waals surface area contributed by atoms with Gasteiger partial charge in [0, 0.05) is 12.0 Å². The third-order valence-corrected chi connectivity index (χ3v) is 2.79. The molecule has 2 bridgehead atoms. The highest BCUT2D eigenvalue weighted by atomic mass is 16.5. The molecule has 0 aliphatic heterocycles. The predicted molar refractivity (Wildman–Crippen MR) is 47.7 cm³/mol. The fourth-order valence-corrected chi connectivity index (χ4v) is 2.25. The monoisotopic (exact) mass is 172 g/mol. The van der Waals surface area contributed by atoms with E-state index >= 15 is 0 Å². The molecule has 0 spiro atoms. The lowest BCUT2D eigenvalue weighted by atomic mass is 10.1. The highest BCUT2D eigenvalue weighted by molar-refractivity contribution is 5.70. The average molecular weight is 172 g/mol. The fraction of sp³-hybridized carbons (Fsp3) is 0.182. The molecule has 2 heteroatoms. The van der Waals surface area contributed by atoms with Crippen LogP contribution in [0.4, 0.5) is 0 Å². The van der Waals surface area contributed by atoms with E-state index in [1.807, 2.05) is 6.08 Å². The summed E-state index contributed by atoms with van der Waals surface area (Å²) in [6.45, 7) is 0.503. The molecule has 0 heterocycles. The summed E-state index contributed by atoms with van der Waals surface area (Å²) in [4.78, 5) is 10.2. The second-order valence-corrected chi connectivity index (χ2v) is 3.40. The molecular formula is C11H8O2. The molecule has 0 amide bonds. The van der Waals surface area contributed by atoms with Gasteiger partial charge >= 0.3 is 0 Å². The van der Waals surface area contributed by atoms with Crippen LogP contribution in [0.2, 0.25) is 0 Å². The number of ether oxygens (including phenoxy) is 1. The number of fused-ring (bicyclic) bond motifs is 4. The number of rotatable bonds is 2. The van der Waals surface area contributed by atoms with Gasteiger partial charge in [0.05, 0.1) is 0 Å². The molecule has 13 heavy (non-hydrogen) atoms. The molecular weight excluding hydrogens is 164 g/mol. The summed E-state index contributed by atoms with van der Waals surface area (Å²) in [5.41, 5.74) is 5.22. The van der Waals surface area contributed by atoms with Gasteiger partial charge in [0.25, 0.3) is 6.47 Å². The van der Waals surface area contributed by atoms with Crippen molar-refractivity contribution in [2.24, 2.45) is 0 Å². The lowest BCUT2D eigenvalue weighted by Gasteiger charge is -2.06. The van der Waals surface area contributed by atoms with Gasteiger partial charge in [0.15, 0.2) is 0 Å². The standard InChI is InChI=1S/C11H8O2/c12-6-13-11-5-7-4-10(11)9-3-1-2-8(7)9/h1-2,5-6H,3-4H2. The normalized spacial score (nSPS) is 22.6. The average Bonchev–Trinajstić information content (AvgIpc) is 2.72. The molecule has 0 aromatic rings. The molecule has 0 aromatic carbocycles. The van der Waals surface area contributed by atoms with E-state index in [2.05, 4.69) is 12.2 Å². The van der Waals surface area contributed by atoms with E-state index in [-0.39, 0.29) is 0 Å². The molecule has 0 fully saturated rings. The van der Waals surface area contributed by atoms with E-state index in [9.17, 15) is 4.79 Å². The number of hydrogen-bond acceptors (Lipinski definition) is 2. The van der Waals surface area contributed by atoms with Crippen LogP contribution in [0.15, 0.2) is 46.3 Å². The first-order chi connectivity index (χ1) is 6.40. The van der Waals surface area contributed by atoms with E-state index < -0.39 is 0 Å². The Morgan fingerprint density at radius 1 is 1.38 bits per heavy atom. The van der Waals surface area contributed by atoms with Crippen LogP contribution in [0, 0.1) is 0 Å². The molecule has 3 aliphatic carbocycles. The van der Waals surface area contributed by atoms with Crippen LogP contribution in [0.25, 0.3) is 0 Å². The summed E-state index contributed by atoms with van der Waals surface area (Å²) in [5, 5.41) is 0. The molecule has 3 rings (SSSR count). The highest BCUT2D eigenvalue weighted by Gasteiger charge is 2.32. The maximum atomic E-state index is 10.2. The Hall–Kier alpha value is -1.57. The molecule has 0 saturated carbocycles. The van der Waals surface area contributed by atoms with Crippen molar-refractivity contribution in [3.8, 4) is 0 Å². The summed E-state index contributed by atoms with van der Waals surface area (Å²) in [6, 6.07) is 0. The molecule has 3 aliphatic rings. The van der Waals surface area contributed by atoms with Crippen molar-refractivity contribution in [2.45, 2.75) is 12.8 Å². The van der Waals surface area contributed by atoms with Crippen LogP contribution in [0.1, 0.15) is 12.8 Å². The molecule has 64 valence electrons. The summed E-state index contributed by atoms with van der Waals surface area (Å²) in [7, 11) is 0. The van der Waals surface area contributed by atoms with Gasteiger partial charge in [0.2, 0.25) is 0 Å². The van der Waals surface area contributed by atoms with Gasteiger partial charge in [-0.2, -0.15) is 0 Å².